The summed E-state index contributed by atoms with van der Waals surface area (Å²) in [6, 6.07) is 12.6. The van der Waals surface area contributed by atoms with Crippen LogP contribution in [0.25, 0.3) is 11.1 Å². The maximum absolute atomic E-state index is 11.0. The number of nitrogen functional groups attached to an aromatic ring is 2. The standard InChI is InChI=1S/C15H16N2O2/c1-9(15(18)19)10-6-7-14(17)12(8-10)11-4-2-3-5-13(11)16/h2-9H,16-17H2,1H3,(H,18,19). The molecule has 1 unspecified atom stereocenters. The van der Waals surface area contributed by atoms with Gasteiger partial charge in [0.1, 0.15) is 0 Å². The van der Waals surface area contributed by atoms with Gasteiger partial charge in [-0.05, 0) is 30.7 Å². The molecule has 0 saturated carbocycles. The number of benzene rings is 2. The largest absolute Gasteiger partial charge is 0.481 e. The first-order valence-corrected chi connectivity index (χ1v) is 5.98. The molecule has 2 aromatic rings. The molecule has 4 nitrogen and oxygen atoms in total. The number of anilines is 2. The van der Waals surface area contributed by atoms with Crippen LogP contribution in [0.1, 0.15) is 18.4 Å². The second-order valence-electron chi connectivity index (χ2n) is 4.49. The van der Waals surface area contributed by atoms with Crippen LogP contribution in [0.5, 0.6) is 0 Å². The number of carbonyl (C=O) groups is 1. The zero-order chi connectivity index (χ0) is 14.0. The number of rotatable bonds is 3. The van der Waals surface area contributed by atoms with Crippen LogP contribution in [0, 0.1) is 0 Å². The zero-order valence-corrected chi connectivity index (χ0v) is 10.6. The van der Waals surface area contributed by atoms with Gasteiger partial charge >= 0.3 is 5.97 Å². The molecule has 0 radical (unpaired) electrons. The number of para-hydroxylation sites is 1. The molecule has 0 aliphatic rings. The Morgan fingerprint density at radius 2 is 1.68 bits per heavy atom. The van der Waals surface area contributed by atoms with E-state index >= 15 is 0 Å². The summed E-state index contributed by atoms with van der Waals surface area (Å²) in [4.78, 5) is 11.0. The molecule has 0 fully saturated rings. The number of carboxylic acids is 1. The Bertz CT molecular complexity index is 623. The molecule has 98 valence electrons. The highest BCUT2D eigenvalue weighted by molar-refractivity contribution is 5.85. The monoisotopic (exact) mass is 256 g/mol. The van der Waals surface area contributed by atoms with E-state index in [0.29, 0.717) is 16.9 Å². The van der Waals surface area contributed by atoms with Crippen molar-refractivity contribution in [3.05, 3.63) is 48.0 Å². The van der Waals surface area contributed by atoms with Crippen LogP contribution < -0.4 is 11.5 Å². The van der Waals surface area contributed by atoms with Crippen molar-refractivity contribution >= 4 is 17.3 Å². The van der Waals surface area contributed by atoms with Gasteiger partial charge in [0, 0.05) is 22.5 Å². The van der Waals surface area contributed by atoms with Crippen molar-refractivity contribution < 1.29 is 9.90 Å². The summed E-state index contributed by atoms with van der Waals surface area (Å²) in [7, 11) is 0. The van der Waals surface area contributed by atoms with Gasteiger partial charge in [-0.15, -0.1) is 0 Å². The van der Waals surface area contributed by atoms with E-state index in [1.807, 2.05) is 18.2 Å². The van der Waals surface area contributed by atoms with Crippen molar-refractivity contribution in [1.29, 1.82) is 0 Å². The van der Waals surface area contributed by atoms with Gasteiger partial charge in [-0.3, -0.25) is 4.79 Å². The average Bonchev–Trinajstić information content (AvgIpc) is 2.39. The highest BCUT2D eigenvalue weighted by atomic mass is 16.4. The second kappa shape index (κ2) is 5.02. The molecule has 5 N–H and O–H groups in total. The van der Waals surface area contributed by atoms with Crippen molar-refractivity contribution in [2.24, 2.45) is 0 Å². The molecule has 0 spiro atoms. The average molecular weight is 256 g/mol. The summed E-state index contributed by atoms with van der Waals surface area (Å²) < 4.78 is 0. The molecule has 1 atom stereocenters. The highest BCUT2D eigenvalue weighted by Gasteiger charge is 2.16. The summed E-state index contributed by atoms with van der Waals surface area (Å²) >= 11 is 0. The van der Waals surface area contributed by atoms with Crippen LogP contribution in [0.4, 0.5) is 11.4 Å². The highest BCUT2D eigenvalue weighted by Crippen LogP contribution is 2.33. The fraction of sp³-hybridized carbons (Fsp3) is 0.133. The van der Waals surface area contributed by atoms with Gasteiger partial charge in [-0.1, -0.05) is 24.3 Å². The summed E-state index contributed by atoms with van der Waals surface area (Å²) in [6.45, 7) is 1.64. The van der Waals surface area contributed by atoms with Crippen LogP contribution in [0.3, 0.4) is 0 Å². The summed E-state index contributed by atoms with van der Waals surface area (Å²) in [5.74, 6) is -1.44. The van der Waals surface area contributed by atoms with Gasteiger partial charge in [0.05, 0.1) is 5.92 Å². The van der Waals surface area contributed by atoms with Crippen molar-refractivity contribution in [2.75, 3.05) is 11.5 Å². The minimum absolute atomic E-state index is 0.579. The first kappa shape index (κ1) is 13.0. The van der Waals surface area contributed by atoms with Crippen LogP contribution in [0.15, 0.2) is 42.5 Å². The fourth-order valence-electron chi connectivity index (χ4n) is 1.96. The molecule has 0 aliphatic heterocycles. The molecule has 0 bridgehead atoms. The Morgan fingerprint density at radius 1 is 1.05 bits per heavy atom. The molecule has 0 aromatic heterocycles. The minimum atomic E-state index is -0.864. The molecule has 0 saturated heterocycles. The lowest BCUT2D eigenvalue weighted by Gasteiger charge is -2.13. The van der Waals surface area contributed by atoms with E-state index in [1.54, 1.807) is 31.2 Å². The Hall–Kier alpha value is -2.49. The first-order chi connectivity index (χ1) is 9.00. The van der Waals surface area contributed by atoms with Gasteiger partial charge < -0.3 is 16.6 Å². The molecule has 2 rings (SSSR count). The van der Waals surface area contributed by atoms with E-state index in [-0.39, 0.29) is 0 Å². The van der Waals surface area contributed by atoms with Crippen molar-refractivity contribution in [3.63, 3.8) is 0 Å². The number of aliphatic carboxylic acids is 1. The van der Waals surface area contributed by atoms with Gasteiger partial charge in [-0.25, -0.2) is 0 Å². The Balaban J connectivity index is 2.55. The van der Waals surface area contributed by atoms with Gasteiger partial charge in [-0.2, -0.15) is 0 Å². The Morgan fingerprint density at radius 3 is 2.32 bits per heavy atom. The van der Waals surface area contributed by atoms with E-state index in [1.165, 1.54) is 0 Å². The lowest BCUT2D eigenvalue weighted by molar-refractivity contribution is -0.138. The van der Waals surface area contributed by atoms with Gasteiger partial charge in [0.25, 0.3) is 0 Å². The molecular weight excluding hydrogens is 240 g/mol. The lowest BCUT2D eigenvalue weighted by Crippen LogP contribution is -2.08. The SMILES string of the molecule is CC(C(=O)O)c1ccc(N)c(-c2ccccc2N)c1. The normalized spacial score (nSPS) is 12.1. The predicted octanol–water partition coefficient (Wildman–Crippen LogP) is 2.71. The van der Waals surface area contributed by atoms with E-state index < -0.39 is 11.9 Å². The number of hydrogen-bond donors (Lipinski definition) is 3. The number of hydrogen-bond acceptors (Lipinski definition) is 3. The predicted molar refractivity (Wildman–Crippen MR) is 76.8 cm³/mol. The third-order valence-corrected chi connectivity index (χ3v) is 3.20. The van der Waals surface area contributed by atoms with Crippen molar-refractivity contribution in [1.82, 2.24) is 0 Å². The smallest absolute Gasteiger partial charge is 0.310 e. The second-order valence-corrected chi connectivity index (χ2v) is 4.49. The van der Waals surface area contributed by atoms with Gasteiger partial charge in [0.15, 0.2) is 0 Å². The molecule has 0 aliphatic carbocycles. The third kappa shape index (κ3) is 2.52. The molecule has 4 heteroatoms. The summed E-state index contributed by atoms with van der Waals surface area (Å²) in [6.07, 6.45) is 0. The topological polar surface area (TPSA) is 89.3 Å². The maximum atomic E-state index is 11.0. The van der Waals surface area contributed by atoms with Crippen LogP contribution >= 0.6 is 0 Å². The molecule has 0 heterocycles. The Labute approximate surface area is 111 Å². The van der Waals surface area contributed by atoms with Crippen LogP contribution in [-0.4, -0.2) is 11.1 Å². The van der Waals surface area contributed by atoms with Gasteiger partial charge in [0.2, 0.25) is 0 Å². The van der Waals surface area contributed by atoms with E-state index in [0.717, 1.165) is 11.1 Å². The molecule has 0 amide bonds. The fourth-order valence-corrected chi connectivity index (χ4v) is 1.96. The van der Waals surface area contributed by atoms with Crippen LogP contribution in [0.2, 0.25) is 0 Å². The van der Waals surface area contributed by atoms with E-state index in [4.69, 9.17) is 16.6 Å². The van der Waals surface area contributed by atoms with Crippen LogP contribution in [-0.2, 0) is 4.79 Å². The summed E-state index contributed by atoms with van der Waals surface area (Å²) in [5, 5.41) is 9.06. The Kier molecular flexibility index (Phi) is 3.42. The first-order valence-electron chi connectivity index (χ1n) is 5.98. The molecule has 19 heavy (non-hydrogen) atoms. The third-order valence-electron chi connectivity index (χ3n) is 3.20. The van der Waals surface area contributed by atoms with Crippen molar-refractivity contribution in [3.8, 4) is 11.1 Å². The number of carboxylic acid groups (broad SMARTS) is 1. The maximum Gasteiger partial charge on any atom is 0.310 e. The quantitative estimate of drug-likeness (QED) is 0.736. The summed E-state index contributed by atoms with van der Waals surface area (Å²) in [5.41, 5.74) is 15.4. The van der Waals surface area contributed by atoms with E-state index in [9.17, 15) is 4.79 Å². The molecular formula is C15H16N2O2. The van der Waals surface area contributed by atoms with Crippen molar-refractivity contribution in [2.45, 2.75) is 12.8 Å². The minimum Gasteiger partial charge on any atom is -0.481 e. The number of nitrogens with two attached hydrogens (primary N) is 2. The lowest BCUT2D eigenvalue weighted by atomic mass is 9.94. The zero-order valence-electron chi connectivity index (χ0n) is 10.6. The molecule has 2 aromatic carbocycles. The van der Waals surface area contributed by atoms with E-state index in [2.05, 4.69) is 0 Å².